The number of hydrogen-bond donors (Lipinski definition) is 1. The fourth-order valence-corrected chi connectivity index (χ4v) is 3.78. The van der Waals surface area contributed by atoms with E-state index >= 15 is 0 Å². The van der Waals surface area contributed by atoms with Crippen LogP contribution in [0.3, 0.4) is 0 Å². The third-order valence-electron chi connectivity index (χ3n) is 5.44. The third kappa shape index (κ3) is 6.77. The Kier molecular flexibility index (Phi) is 8.54. The molecule has 0 saturated carbocycles. The summed E-state index contributed by atoms with van der Waals surface area (Å²) in [6.45, 7) is 0.311. The Morgan fingerprint density at radius 2 is 1.47 bits per heavy atom. The van der Waals surface area contributed by atoms with Gasteiger partial charge in [-0.05, 0) is 24.0 Å². The monoisotopic (exact) mass is 436 g/mol. The summed E-state index contributed by atoms with van der Waals surface area (Å²) in [6.07, 6.45) is 1.56. The molecule has 0 radical (unpaired) electrons. The number of rotatable bonds is 11. The summed E-state index contributed by atoms with van der Waals surface area (Å²) in [5, 5.41) is 2.81. The van der Waals surface area contributed by atoms with Crippen LogP contribution in [0.5, 0.6) is 0 Å². The van der Waals surface area contributed by atoms with Gasteiger partial charge in [-0.25, -0.2) is 0 Å². The molecule has 3 amide bonds. The Balaban J connectivity index is 1.37. The molecule has 168 valence electrons. The number of benzene rings is 2. The molecule has 1 saturated heterocycles. The van der Waals surface area contributed by atoms with Crippen molar-refractivity contribution in [3.8, 4) is 0 Å². The van der Waals surface area contributed by atoms with Gasteiger partial charge < -0.3 is 10.1 Å². The van der Waals surface area contributed by atoms with Gasteiger partial charge in [-0.1, -0.05) is 60.7 Å². The molecule has 1 aliphatic rings. The number of esters is 1. The van der Waals surface area contributed by atoms with E-state index in [2.05, 4.69) is 29.6 Å². The lowest BCUT2D eigenvalue weighted by molar-refractivity contribution is -0.149. The first-order valence-corrected chi connectivity index (χ1v) is 10.9. The van der Waals surface area contributed by atoms with Crippen LogP contribution in [-0.2, 0) is 23.9 Å². The summed E-state index contributed by atoms with van der Waals surface area (Å²) >= 11 is 0. The van der Waals surface area contributed by atoms with Gasteiger partial charge in [0.2, 0.25) is 11.8 Å². The lowest BCUT2D eigenvalue weighted by atomic mass is 9.88. The molecule has 1 heterocycles. The van der Waals surface area contributed by atoms with E-state index in [0.29, 0.717) is 19.4 Å². The zero-order valence-electron chi connectivity index (χ0n) is 18.0. The molecular formula is C25H28N2O5. The molecule has 1 aliphatic heterocycles. The molecule has 32 heavy (non-hydrogen) atoms. The van der Waals surface area contributed by atoms with Crippen molar-refractivity contribution in [1.82, 2.24) is 10.2 Å². The van der Waals surface area contributed by atoms with Crippen molar-refractivity contribution in [2.75, 3.05) is 19.7 Å². The van der Waals surface area contributed by atoms with E-state index < -0.39 is 5.97 Å². The molecule has 0 unspecified atom stereocenters. The van der Waals surface area contributed by atoms with Gasteiger partial charge in [0, 0.05) is 38.3 Å². The minimum Gasteiger partial charge on any atom is -0.456 e. The van der Waals surface area contributed by atoms with E-state index in [9.17, 15) is 19.2 Å². The number of imide groups is 1. The van der Waals surface area contributed by atoms with Crippen LogP contribution in [0.15, 0.2) is 60.7 Å². The molecular weight excluding hydrogens is 408 g/mol. The Hall–Kier alpha value is -3.48. The lowest BCUT2D eigenvalue weighted by Crippen LogP contribution is -2.31. The number of nitrogens with zero attached hydrogens (tertiary/aromatic N) is 1. The molecule has 2 aromatic rings. The van der Waals surface area contributed by atoms with Crippen LogP contribution in [0.4, 0.5) is 0 Å². The normalized spacial score (nSPS) is 13.5. The van der Waals surface area contributed by atoms with Gasteiger partial charge in [-0.15, -0.1) is 0 Å². The highest BCUT2D eigenvalue weighted by molar-refractivity contribution is 6.01. The first-order chi connectivity index (χ1) is 15.5. The Morgan fingerprint density at radius 3 is 2.03 bits per heavy atom. The highest BCUT2D eigenvalue weighted by atomic mass is 16.5. The fourth-order valence-electron chi connectivity index (χ4n) is 3.78. The molecule has 0 aromatic heterocycles. The Morgan fingerprint density at radius 1 is 0.906 bits per heavy atom. The molecule has 7 nitrogen and oxygen atoms in total. The van der Waals surface area contributed by atoms with E-state index in [-0.39, 0.29) is 56.1 Å². The molecule has 0 atom stereocenters. The maximum absolute atomic E-state index is 12.1. The number of carbonyl (C=O) groups is 4. The first-order valence-electron chi connectivity index (χ1n) is 10.9. The minimum absolute atomic E-state index is 0.0500. The molecule has 1 fully saturated rings. The van der Waals surface area contributed by atoms with Gasteiger partial charge in [0.1, 0.15) is 0 Å². The van der Waals surface area contributed by atoms with E-state index in [1.165, 1.54) is 16.0 Å². The van der Waals surface area contributed by atoms with Crippen LogP contribution in [0, 0.1) is 0 Å². The van der Waals surface area contributed by atoms with Crippen molar-refractivity contribution in [3.63, 3.8) is 0 Å². The Labute approximate surface area is 187 Å². The highest BCUT2D eigenvalue weighted by Crippen LogP contribution is 2.27. The predicted octanol–water partition coefficient (Wildman–Crippen LogP) is 2.80. The number of hydrogen-bond acceptors (Lipinski definition) is 5. The summed E-state index contributed by atoms with van der Waals surface area (Å²) in [7, 11) is 0. The zero-order valence-corrected chi connectivity index (χ0v) is 18.0. The maximum Gasteiger partial charge on any atom is 0.306 e. The largest absolute Gasteiger partial charge is 0.456 e. The molecule has 1 N–H and O–H groups in total. The topological polar surface area (TPSA) is 92.8 Å². The number of carbonyl (C=O) groups excluding carboxylic acids is 4. The van der Waals surface area contributed by atoms with Gasteiger partial charge in [0.15, 0.2) is 6.61 Å². The van der Waals surface area contributed by atoms with E-state index in [4.69, 9.17) is 4.74 Å². The van der Waals surface area contributed by atoms with Gasteiger partial charge >= 0.3 is 5.97 Å². The molecule has 3 rings (SSSR count). The Bertz CT molecular complexity index is 874. The zero-order chi connectivity index (χ0) is 22.8. The fraction of sp³-hybridized carbons (Fsp3) is 0.360. The summed E-state index contributed by atoms with van der Waals surface area (Å²) < 4.78 is 5.01. The number of amides is 3. The number of likely N-dealkylation sites (tertiary alicyclic amines) is 1. The van der Waals surface area contributed by atoms with E-state index in [1.807, 2.05) is 36.4 Å². The number of nitrogens with one attached hydrogen (secondary N) is 1. The quantitative estimate of drug-likeness (QED) is 0.432. The SMILES string of the molecule is O=C(COC(=O)CCCN1C(=O)CCC1=O)NCCC(c1ccccc1)c1ccccc1. The summed E-state index contributed by atoms with van der Waals surface area (Å²) in [6, 6.07) is 20.2. The maximum atomic E-state index is 12.1. The van der Waals surface area contributed by atoms with Crippen molar-refractivity contribution in [2.24, 2.45) is 0 Å². The van der Waals surface area contributed by atoms with Crippen LogP contribution in [0.1, 0.15) is 49.1 Å². The predicted molar refractivity (Wildman–Crippen MR) is 119 cm³/mol. The van der Waals surface area contributed by atoms with Crippen LogP contribution in [0.2, 0.25) is 0 Å². The van der Waals surface area contributed by atoms with Gasteiger partial charge in [0.05, 0.1) is 0 Å². The average molecular weight is 437 g/mol. The van der Waals surface area contributed by atoms with Crippen molar-refractivity contribution < 1.29 is 23.9 Å². The average Bonchev–Trinajstić information content (AvgIpc) is 3.14. The van der Waals surface area contributed by atoms with Gasteiger partial charge in [0.25, 0.3) is 5.91 Å². The van der Waals surface area contributed by atoms with Crippen LogP contribution >= 0.6 is 0 Å². The minimum atomic E-state index is -0.523. The molecule has 2 aromatic carbocycles. The second-order valence-corrected chi connectivity index (χ2v) is 7.72. The second-order valence-electron chi connectivity index (χ2n) is 7.72. The van der Waals surface area contributed by atoms with Crippen LogP contribution < -0.4 is 5.32 Å². The summed E-state index contributed by atoms with van der Waals surface area (Å²) in [5.74, 6) is -1.14. The van der Waals surface area contributed by atoms with Gasteiger partial charge in [-0.3, -0.25) is 24.1 Å². The van der Waals surface area contributed by atoms with E-state index in [1.54, 1.807) is 0 Å². The standard InChI is InChI=1S/C25H28N2O5/c28-22(18-32-25(31)12-7-17-27-23(29)13-14-24(27)30)26-16-15-21(19-8-3-1-4-9-19)20-10-5-2-6-11-20/h1-6,8-11,21H,7,12-18H2,(H,26,28). The van der Waals surface area contributed by atoms with Crippen molar-refractivity contribution in [2.45, 2.75) is 38.0 Å². The molecule has 7 heteroatoms. The number of ether oxygens (including phenoxy) is 1. The molecule has 0 spiro atoms. The molecule has 0 aliphatic carbocycles. The van der Waals surface area contributed by atoms with Crippen LogP contribution in [-0.4, -0.2) is 48.3 Å². The van der Waals surface area contributed by atoms with Gasteiger partial charge in [-0.2, -0.15) is 0 Å². The smallest absolute Gasteiger partial charge is 0.306 e. The highest BCUT2D eigenvalue weighted by Gasteiger charge is 2.28. The second kappa shape index (κ2) is 11.8. The summed E-state index contributed by atoms with van der Waals surface area (Å²) in [5.41, 5.74) is 2.35. The van der Waals surface area contributed by atoms with E-state index in [0.717, 1.165) is 0 Å². The summed E-state index contributed by atoms with van der Waals surface area (Å²) in [4.78, 5) is 48.2. The van der Waals surface area contributed by atoms with Crippen molar-refractivity contribution >= 4 is 23.7 Å². The van der Waals surface area contributed by atoms with Crippen molar-refractivity contribution in [1.29, 1.82) is 0 Å². The third-order valence-corrected chi connectivity index (χ3v) is 5.44. The molecule has 0 bridgehead atoms. The lowest BCUT2D eigenvalue weighted by Gasteiger charge is -2.18. The van der Waals surface area contributed by atoms with Crippen LogP contribution in [0.25, 0.3) is 0 Å². The van der Waals surface area contributed by atoms with Crippen molar-refractivity contribution in [3.05, 3.63) is 71.8 Å². The first kappa shape index (κ1) is 23.2.